The number of hydrogen-bond donors (Lipinski definition) is 1. The molecule has 1 atom stereocenters. The van der Waals surface area contributed by atoms with Crippen LogP contribution in [0.4, 0.5) is 0 Å². The Bertz CT molecular complexity index is 338. The summed E-state index contributed by atoms with van der Waals surface area (Å²) in [5.74, 6) is 0.00441. The Balaban J connectivity index is 2.79. The quantitative estimate of drug-likeness (QED) is 0.792. The molecule has 0 spiro atoms. The zero-order valence-corrected chi connectivity index (χ0v) is 8.90. The summed E-state index contributed by atoms with van der Waals surface area (Å²) in [6.45, 7) is 2.33. The van der Waals surface area contributed by atoms with Crippen molar-refractivity contribution in [3.63, 3.8) is 0 Å². The second kappa shape index (κ2) is 5.36. The number of carbonyl (C=O) groups is 1. The van der Waals surface area contributed by atoms with Crippen LogP contribution in [0.15, 0.2) is 24.3 Å². The topological polar surface area (TPSA) is 61.6 Å². The zero-order valence-electron chi connectivity index (χ0n) is 8.90. The van der Waals surface area contributed by atoms with Gasteiger partial charge in [0, 0.05) is 7.11 Å². The highest BCUT2D eigenvalue weighted by Gasteiger charge is 2.11. The molecule has 0 fully saturated rings. The lowest BCUT2D eigenvalue weighted by Crippen LogP contribution is -2.20. The SMILES string of the molecule is COCC(C)Oc1ccccc1C(N)=O. The molecule has 2 N–H and O–H groups in total. The number of methoxy groups -OCH3 is 1. The van der Waals surface area contributed by atoms with E-state index in [1.54, 1.807) is 31.4 Å². The van der Waals surface area contributed by atoms with Gasteiger partial charge < -0.3 is 15.2 Å². The van der Waals surface area contributed by atoms with E-state index in [4.69, 9.17) is 15.2 Å². The van der Waals surface area contributed by atoms with Crippen molar-refractivity contribution in [1.82, 2.24) is 0 Å². The fraction of sp³-hybridized carbons (Fsp3) is 0.364. The van der Waals surface area contributed by atoms with Crippen LogP contribution in [0.5, 0.6) is 5.75 Å². The molecule has 0 aliphatic rings. The van der Waals surface area contributed by atoms with Crippen molar-refractivity contribution < 1.29 is 14.3 Å². The Morgan fingerprint density at radius 3 is 2.73 bits per heavy atom. The van der Waals surface area contributed by atoms with Crippen LogP contribution >= 0.6 is 0 Å². The minimum atomic E-state index is -0.491. The van der Waals surface area contributed by atoms with Gasteiger partial charge in [0.25, 0.3) is 5.91 Å². The Hall–Kier alpha value is -1.55. The highest BCUT2D eigenvalue weighted by atomic mass is 16.5. The van der Waals surface area contributed by atoms with Gasteiger partial charge in [-0.2, -0.15) is 0 Å². The number of ether oxygens (including phenoxy) is 2. The number of carbonyl (C=O) groups excluding carboxylic acids is 1. The van der Waals surface area contributed by atoms with Gasteiger partial charge in [0.05, 0.1) is 12.2 Å². The standard InChI is InChI=1S/C11H15NO3/c1-8(7-14-2)15-10-6-4-3-5-9(10)11(12)13/h3-6,8H,7H2,1-2H3,(H2,12,13). The fourth-order valence-corrected chi connectivity index (χ4v) is 1.26. The second-order valence-corrected chi connectivity index (χ2v) is 3.24. The summed E-state index contributed by atoms with van der Waals surface area (Å²) in [6.07, 6.45) is -0.115. The lowest BCUT2D eigenvalue weighted by molar-refractivity contribution is 0.0886. The van der Waals surface area contributed by atoms with Gasteiger partial charge in [-0.25, -0.2) is 0 Å². The van der Waals surface area contributed by atoms with Crippen LogP contribution < -0.4 is 10.5 Å². The Morgan fingerprint density at radius 2 is 2.13 bits per heavy atom. The molecule has 15 heavy (non-hydrogen) atoms. The Kier molecular flexibility index (Phi) is 4.12. The van der Waals surface area contributed by atoms with E-state index < -0.39 is 5.91 Å². The maximum atomic E-state index is 11.1. The molecule has 82 valence electrons. The maximum absolute atomic E-state index is 11.1. The number of nitrogens with two attached hydrogens (primary N) is 1. The first-order valence-corrected chi connectivity index (χ1v) is 4.69. The van der Waals surface area contributed by atoms with Gasteiger partial charge in [0.15, 0.2) is 0 Å². The summed E-state index contributed by atoms with van der Waals surface area (Å²) in [4.78, 5) is 11.1. The van der Waals surface area contributed by atoms with E-state index in [2.05, 4.69) is 0 Å². The molecule has 4 nitrogen and oxygen atoms in total. The van der Waals surface area contributed by atoms with Crippen LogP contribution in [-0.4, -0.2) is 25.7 Å². The van der Waals surface area contributed by atoms with Crippen molar-refractivity contribution in [3.8, 4) is 5.75 Å². The summed E-state index contributed by atoms with van der Waals surface area (Å²) in [5, 5.41) is 0. The third-order valence-corrected chi connectivity index (χ3v) is 1.88. The van der Waals surface area contributed by atoms with Crippen molar-refractivity contribution in [2.24, 2.45) is 5.73 Å². The lowest BCUT2D eigenvalue weighted by atomic mass is 10.2. The average Bonchev–Trinajstić information content (AvgIpc) is 2.18. The predicted molar refractivity (Wildman–Crippen MR) is 56.9 cm³/mol. The van der Waals surface area contributed by atoms with Gasteiger partial charge in [-0.1, -0.05) is 12.1 Å². The first-order chi connectivity index (χ1) is 7.15. The largest absolute Gasteiger partial charge is 0.487 e. The molecule has 0 aromatic heterocycles. The van der Waals surface area contributed by atoms with Crippen LogP contribution in [0.25, 0.3) is 0 Å². The van der Waals surface area contributed by atoms with Crippen LogP contribution in [0.3, 0.4) is 0 Å². The molecule has 1 rings (SSSR count). The molecular weight excluding hydrogens is 194 g/mol. The van der Waals surface area contributed by atoms with Crippen molar-refractivity contribution in [2.75, 3.05) is 13.7 Å². The van der Waals surface area contributed by atoms with Gasteiger partial charge in [-0.3, -0.25) is 4.79 Å². The number of benzene rings is 1. The molecule has 0 saturated heterocycles. The second-order valence-electron chi connectivity index (χ2n) is 3.24. The van der Waals surface area contributed by atoms with Crippen molar-refractivity contribution in [1.29, 1.82) is 0 Å². The molecule has 1 aromatic rings. The van der Waals surface area contributed by atoms with E-state index in [1.807, 2.05) is 6.92 Å². The minimum Gasteiger partial charge on any atom is -0.487 e. The van der Waals surface area contributed by atoms with Crippen LogP contribution in [0, 0.1) is 0 Å². The van der Waals surface area contributed by atoms with Crippen molar-refractivity contribution in [2.45, 2.75) is 13.0 Å². The molecule has 0 radical (unpaired) electrons. The summed E-state index contributed by atoms with van der Waals surface area (Å²) in [7, 11) is 1.60. The van der Waals surface area contributed by atoms with E-state index in [0.29, 0.717) is 17.9 Å². The smallest absolute Gasteiger partial charge is 0.252 e. The third-order valence-electron chi connectivity index (χ3n) is 1.88. The van der Waals surface area contributed by atoms with E-state index in [9.17, 15) is 4.79 Å². The molecule has 0 bridgehead atoms. The molecular formula is C11H15NO3. The van der Waals surface area contributed by atoms with E-state index in [0.717, 1.165) is 0 Å². The average molecular weight is 209 g/mol. The van der Waals surface area contributed by atoms with E-state index in [-0.39, 0.29) is 6.10 Å². The van der Waals surface area contributed by atoms with Gasteiger partial charge >= 0.3 is 0 Å². The lowest BCUT2D eigenvalue weighted by Gasteiger charge is -2.15. The van der Waals surface area contributed by atoms with Crippen molar-refractivity contribution >= 4 is 5.91 Å². The molecule has 1 unspecified atom stereocenters. The number of hydrogen-bond acceptors (Lipinski definition) is 3. The first-order valence-electron chi connectivity index (χ1n) is 4.69. The fourth-order valence-electron chi connectivity index (χ4n) is 1.26. The summed E-state index contributed by atoms with van der Waals surface area (Å²) in [6, 6.07) is 6.89. The molecule has 1 aromatic carbocycles. The molecule has 0 saturated carbocycles. The molecule has 1 amide bonds. The normalized spacial score (nSPS) is 12.1. The Labute approximate surface area is 89.0 Å². The predicted octanol–water partition coefficient (Wildman–Crippen LogP) is 1.20. The Morgan fingerprint density at radius 1 is 1.47 bits per heavy atom. The maximum Gasteiger partial charge on any atom is 0.252 e. The monoisotopic (exact) mass is 209 g/mol. The van der Waals surface area contributed by atoms with Crippen LogP contribution in [-0.2, 0) is 4.74 Å². The van der Waals surface area contributed by atoms with Gasteiger partial charge in [0.2, 0.25) is 0 Å². The molecule has 4 heteroatoms. The summed E-state index contributed by atoms with van der Waals surface area (Å²) >= 11 is 0. The van der Waals surface area contributed by atoms with Crippen LogP contribution in [0.2, 0.25) is 0 Å². The zero-order chi connectivity index (χ0) is 11.3. The summed E-state index contributed by atoms with van der Waals surface area (Å²) in [5.41, 5.74) is 5.60. The first kappa shape index (κ1) is 11.5. The number of amides is 1. The number of primary amides is 1. The van der Waals surface area contributed by atoms with Crippen molar-refractivity contribution in [3.05, 3.63) is 29.8 Å². The molecule has 0 aliphatic heterocycles. The molecule has 0 heterocycles. The van der Waals surface area contributed by atoms with Gasteiger partial charge in [-0.05, 0) is 19.1 Å². The highest BCUT2D eigenvalue weighted by molar-refractivity contribution is 5.95. The minimum absolute atomic E-state index is 0.115. The van der Waals surface area contributed by atoms with Gasteiger partial charge in [-0.15, -0.1) is 0 Å². The highest BCUT2D eigenvalue weighted by Crippen LogP contribution is 2.18. The van der Waals surface area contributed by atoms with Gasteiger partial charge in [0.1, 0.15) is 11.9 Å². The van der Waals surface area contributed by atoms with E-state index in [1.165, 1.54) is 0 Å². The number of rotatable bonds is 5. The molecule has 0 aliphatic carbocycles. The van der Waals surface area contributed by atoms with Crippen LogP contribution in [0.1, 0.15) is 17.3 Å². The summed E-state index contributed by atoms with van der Waals surface area (Å²) < 4.78 is 10.5. The number of para-hydroxylation sites is 1. The third kappa shape index (κ3) is 3.25. The van der Waals surface area contributed by atoms with E-state index >= 15 is 0 Å².